The average molecular weight is 336 g/mol. The van der Waals surface area contributed by atoms with Gasteiger partial charge in [0.15, 0.2) is 0 Å². The van der Waals surface area contributed by atoms with Crippen molar-refractivity contribution in [2.75, 3.05) is 5.43 Å². The maximum absolute atomic E-state index is 12.5. The van der Waals surface area contributed by atoms with Gasteiger partial charge in [0.05, 0.1) is 0 Å². The van der Waals surface area contributed by atoms with Crippen LogP contribution in [0, 0.1) is 32.1 Å². The molecule has 3 aromatic heterocycles. The fourth-order valence-corrected chi connectivity index (χ4v) is 2.52. The lowest BCUT2D eigenvalue weighted by molar-refractivity contribution is 0.0960. The van der Waals surface area contributed by atoms with E-state index in [1.807, 2.05) is 26.0 Å². The Hall–Kier alpha value is -3.60. The molecular formula is C17H16N6O2. The number of carbonyl (C=O) groups is 1. The second kappa shape index (κ2) is 6.49. The number of rotatable bonds is 4. The van der Waals surface area contributed by atoms with Crippen molar-refractivity contribution in [1.82, 2.24) is 20.0 Å². The average Bonchev–Trinajstić information content (AvgIpc) is 3.18. The van der Waals surface area contributed by atoms with E-state index in [2.05, 4.69) is 20.8 Å². The zero-order valence-corrected chi connectivity index (χ0v) is 14.0. The van der Waals surface area contributed by atoms with Gasteiger partial charge >= 0.3 is 0 Å². The first-order chi connectivity index (χ1) is 12.0. The summed E-state index contributed by atoms with van der Waals surface area (Å²) in [5, 5.41) is 9.47. The largest absolute Gasteiger partial charge is 0.443 e. The number of carbonyl (C=O) groups excluding carboxylic acids is 1. The summed E-state index contributed by atoms with van der Waals surface area (Å²) < 4.78 is 7.25. The van der Waals surface area contributed by atoms with Crippen molar-refractivity contribution in [2.24, 2.45) is 0 Å². The molecule has 0 bridgehead atoms. The zero-order chi connectivity index (χ0) is 18.0. The van der Waals surface area contributed by atoms with Gasteiger partial charge in [0.1, 0.15) is 23.0 Å². The van der Waals surface area contributed by atoms with Crippen LogP contribution >= 0.6 is 0 Å². The summed E-state index contributed by atoms with van der Waals surface area (Å²) in [5.41, 5.74) is 7.06. The smallest absolute Gasteiger partial charge is 0.274 e. The standard InChI is InChI=1S/C17H16N6O2/c1-10-8-11(2)20-17(19-10)22-21-15(24)14-12(3)25-16(13(14)9-18)23-6-4-5-7-23/h4-8H,1-3H3,(H,21,24)(H,19,20,22). The van der Waals surface area contributed by atoms with E-state index in [1.54, 1.807) is 36.0 Å². The maximum Gasteiger partial charge on any atom is 0.274 e. The van der Waals surface area contributed by atoms with Gasteiger partial charge in [-0.15, -0.1) is 0 Å². The molecule has 0 aliphatic heterocycles. The van der Waals surface area contributed by atoms with Crippen molar-refractivity contribution in [1.29, 1.82) is 5.26 Å². The molecule has 0 saturated carbocycles. The van der Waals surface area contributed by atoms with Crippen LogP contribution in [0.2, 0.25) is 0 Å². The molecule has 0 radical (unpaired) electrons. The highest BCUT2D eigenvalue weighted by atomic mass is 16.4. The molecule has 1 amide bonds. The molecule has 0 atom stereocenters. The van der Waals surface area contributed by atoms with Gasteiger partial charge in [0.2, 0.25) is 11.8 Å². The number of aryl methyl sites for hydroxylation is 3. The van der Waals surface area contributed by atoms with E-state index >= 15 is 0 Å². The molecule has 126 valence electrons. The Morgan fingerprint density at radius 2 is 1.84 bits per heavy atom. The Morgan fingerprint density at radius 1 is 1.20 bits per heavy atom. The number of hydrogen-bond acceptors (Lipinski definition) is 6. The highest BCUT2D eigenvalue weighted by molar-refractivity contribution is 5.99. The molecule has 3 rings (SSSR count). The second-order valence-electron chi connectivity index (χ2n) is 5.47. The minimum Gasteiger partial charge on any atom is -0.443 e. The molecule has 3 heterocycles. The molecule has 2 N–H and O–H groups in total. The van der Waals surface area contributed by atoms with Crippen molar-refractivity contribution in [3.8, 4) is 12.0 Å². The van der Waals surface area contributed by atoms with Crippen LogP contribution in [0.25, 0.3) is 5.88 Å². The number of furan rings is 1. The number of nitrogens with zero attached hydrogens (tertiary/aromatic N) is 4. The summed E-state index contributed by atoms with van der Waals surface area (Å²) in [6.45, 7) is 5.30. The fraction of sp³-hybridized carbons (Fsp3) is 0.176. The van der Waals surface area contributed by atoms with E-state index < -0.39 is 5.91 Å². The molecule has 0 spiro atoms. The van der Waals surface area contributed by atoms with Crippen LogP contribution in [-0.4, -0.2) is 20.4 Å². The molecule has 3 aromatic rings. The highest BCUT2D eigenvalue weighted by Crippen LogP contribution is 2.25. The van der Waals surface area contributed by atoms with Gasteiger partial charge in [-0.25, -0.2) is 9.97 Å². The summed E-state index contributed by atoms with van der Waals surface area (Å²) in [6, 6.07) is 7.47. The fourth-order valence-electron chi connectivity index (χ4n) is 2.52. The van der Waals surface area contributed by atoms with E-state index in [0.29, 0.717) is 11.6 Å². The number of nitrogens with one attached hydrogen (secondary N) is 2. The van der Waals surface area contributed by atoms with Gasteiger partial charge in [-0.2, -0.15) is 5.26 Å². The molecule has 8 nitrogen and oxygen atoms in total. The van der Waals surface area contributed by atoms with Gasteiger partial charge in [0.25, 0.3) is 5.91 Å². The highest BCUT2D eigenvalue weighted by Gasteiger charge is 2.24. The van der Waals surface area contributed by atoms with Crippen LogP contribution in [0.1, 0.15) is 33.1 Å². The zero-order valence-electron chi connectivity index (χ0n) is 14.0. The van der Waals surface area contributed by atoms with E-state index in [4.69, 9.17) is 4.42 Å². The van der Waals surface area contributed by atoms with Gasteiger partial charge in [-0.05, 0) is 39.0 Å². The lowest BCUT2D eigenvalue weighted by Gasteiger charge is -2.08. The minimum atomic E-state index is -0.501. The summed E-state index contributed by atoms with van der Waals surface area (Å²) in [7, 11) is 0. The van der Waals surface area contributed by atoms with E-state index in [1.165, 1.54) is 0 Å². The van der Waals surface area contributed by atoms with Gasteiger partial charge < -0.3 is 4.42 Å². The van der Waals surface area contributed by atoms with E-state index in [0.717, 1.165) is 11.4 Å². The van der Waals surface area contributed by atoms with Crippen LogP contribution in [0.4, 0.5) is 5.95 Å². The molecule has 0 aliphatic carbocycles. The Morgan fingerprint density at radius 3 is 2.44 bits per heavy atom. The summed E-state index contributed by atoms with van der Waals surface area (Å²) in [6.07, 6.45) is 3.48. The summed E-state index contributed by atoms with van der Waals surface area (Å²) in [5.74, 6) is 0.425. The Balaban J connectivity index is 1.86. The molecule has 0 fully saturated rings. The van der Waals surface area contributed by atoms with Crippen LogP contribution in [0.3, 0.4) is 0 Å². The number of nitriles is 1. The first kappa shape index (κ1) is 16.3. The maximum atomic E-state index is 12.5. The van der Waals surface area contributed by atoms with Gasteiger partial charge in [-0.1, -0.05) is 0 Å². The number of aromatic nitrogens is 3. The van der Waals surface area contributed by atoms with Crippen LogP contribution < -0.4 is 10.9 Å². The summed E-state index contributed by atoms with van der Waals surface area (Å²) >= 11 is 0. The molecule has 0 saturated heterocycles. The lowest BCUT2D eigenvalue weighted by Crippen LogP contribution is -2.31. The Bertz CT molecular complexity index is 946. The predicted molar refractivity (Wildman–Crippen MR) is 90.1 cm³/mol. The van der Waals surface area contributed by atoms with Crippen LogP contribution in [0.5, 0.6) is 0 Å². The third-order valence-electron chi connectivity index (χ3n) is 3.51. The van der Waals surface area contributed by atoms with Crippen molar-refractivity contribution >= 4 is 11.9 Å². The summed E-state index contributed by atoms with van der Waals surface area (Å²) in [4.78, 5) is 20.9. The van der Waals surface area contributed by atoms with Crippen molar-refractivity contribution in [3.05, 3.63) is 58.9 Å². The third kappa shape index (κ3) is 3.21. The van der Waals surface area contributed by atoms with Crippen LogP contribution in [-0.2, 0) is 0 Å². The first-order valence-corrected chi connectivity index (χ1v) is 7.55. The van der Waals surface area contributed by atoms with Crippen molar-refractivity contribution in [3.63, 3.8) is 0 Å². The molecule has 0 unspecified atom stereocenters. The minimum absolute atomic E-state index is 0.161. The third-order valence-corrected chi connectivity index (χ3v) is 3.51. The molecular weight excluding hydrogens is 320 g/mol. The number of amides is 1. The van der Waals surface area contributed by atoms with Crippen molar-refractivity contribution < 1.29 is 9.21 Å². The van der Waals surface area contributed by atoms with Gasteiger partial charge in [0, 0.05) is 23.8 Å². The first-order valence-electron chi connectivity index (χ1n) is 7.55. The number of anilines is 1. The van der Waals surface area contributed by atoms with Crippen molar-refractivity contribution in [2.45, 2.75) is 20.8 Å². The Labute approximate surface area is 144 Å². The van der Waals surface area contributed by atoms with E-state index in [-0.39, 0.29) is 17.1 Å². The van der Waals surface area contributed by atoms with Gasteiger partial charge in [-0.3, -0.25) is 20.2 Å². The number of hydrazine groups is 1. The molecule has 0 aromatic carbocycles. The van der Waals surface area contributed by atoms with E-state index in [9.17, 15) is 10.1 Å². The SMILES string of the molecule is Cc1cc(C)nc(NNC(=O)c2c(C)oc(-n3cccc3)c2C#N)n1. The predicted octanol–water partition coefficient (Wildman–Crippen LogP) is 2.41. The molecule has 8 heteroatoms. The van der Waals surface area contributed by atoms with Crippen LogP contribution in [0.15, 0.2) is 35.0 Å². The molecule has 0 aliphatic rings. The molecule has 25 heavy (non-hydrogen) atoms. The second-order valence-corrected chi connectivity index (χ2v) is 5.47. The normalized spacial score (nSPS) is 10.3. The quantitative estimate of drug-likeness (QED) is 0.708. The lowest BCUT2D eigenvalue weighted by atomic mass is 10.1. The topological polar surface area (TPSA) is 109 Å². The monoisotopic (exact) mass is 336 g/mol. The Kier molecular flexibility index (Phi) is 4.22. The number of hydrogen-bond donors (Lipinski definition) is 2.